The first-order chi connectivity index (χ1) is 18.0. The zero-order chi connectivity index (χ0) is 25.8. The van der Waals surface area contributed by atoms with Crippen molar-refractivity contribution in [1.82, 2.24) is 19.9 Å². The average molecular weight is 501 g/mol. The van der Waals surface area contributed by atoms with Gasteiger partial charge in [-0.15, -0.1) is 0 Å². The number of hydrogen-bond donors (Lipinski definition) is 2. The number of likely N-dealkylation sites (N-methyl/N-ethyl adjacent to an activating group) is 1. The van der Waals surface area contributed by atoms with E-state index in [1.54, 1.807) is 19.2 Å². The zero-order valence-corrected chi connectivity index (χ0v) is 20.9. The molecule has 4 aromatic rings. The van der Waals surface area contributed by atoms with Crippen molar-refractivity contribution in [1.29, 1.82) is 0 Å². The Labute approximate surface area is 214 Å². The third-order valence-electron chi connectivity index (χ3n) is 5.60. The van der Waals surface area contributed by atoms with E-state index in [-0.39, 0.29) is 18.4 Å². The molecule has 2 N–H and O–H groups in total. The Hall–Kier alpha value is -4.44. The largest absolute Gasteiger partial charge is 0.486 e. The quantitative estimate of drug-likeness (QED) is 0.338. The van der Waals surface area contributed by atoms with Crippen LogP contribution in [0.2, 0.25) is 0 Å². The van der Waals surface area contributed by atoms with Gasteiger partial charge < -0.3 is 29.7 Å². The van der Waals surface area contributed by atoms with E-state index < -0.39 is 5.97 Å². The van der Waals surface area contributed by atoms with Crippen LogP contribution in [0.15, 0.2) is 60.8 Å². The minimum atomic E-state index is -0.507. The molecule has 0 spiro atoms. The van der Waals surface area contributed by atoms with Gasteiger partial charge in [0.15, 0.2) is 17.2 Å². The predicted molar refractivity (Wildman–Crippen MR) is 141 cm³/mol. The second-order valence-corrected chi connectivity index (χ2v) is 8.79. The van der Waals surface area contributed by atoms with Gasteiger partial charge in [-0.05, 0) is 51.4 Å². The number of para-hydroxylation sites is 1. The highest BCUT2D eigenvalue weighted by molar-refractivity contribution is 5.98. The summed E-state index contributed by atoms with van der Waals surface area (Å²) in [5.41, 5.74) is 2.14. The minimum absolute atomic E-state index is 0.0171. The van der Waals surface area contributed by atoms with Gasteiger partial charge >= 0.3 is 5.97 Å². The van der Waals surface area contributed by atoms with Gasteiger partial charge in [0, 0.05) is 29.9 Å². The van der Waals surface area contributed by atoms with Crippen LogP contribution in [0.5, 0.6) is 11.5 Å². The van der Waals surface area contributed by atoms with Gasteiger partial charge in [0.05, 0.1) is 17.8 Å². The van der Waals surface area contributed by atoms with Crippen molar-refractivity contribution < 1.29 is 19.0 Å². The van der Waals surface area contributed by atoms with Gasteiger partial charge in [-0.1, -0.05) is 18.2 Å². The van der Waals surface area contributed by atoms with E-state index in [9.17, 15) is 4.79 Å². The van der Waals surface area contributed by atoms with Gasteiger partial charge in [-0.3, -0.25) is 0 Å². The highest BCUT2D eigenvalue weighted by atomic mass is 16.6. The van der Waals surface area contributed by atoms with Gasteiger partial charge in [-0.25, -0.2) is 14.8 Å². The number of anilines is 4. The Balaban J connectivity index is 1.35. The number of benzene rings is 2. The lowest BCUT2D eigenvalue weighted by atomic mass is 10.1. The molecule has 10 heteroatoms. The SMILES string of the molecule is CCOC(=O)c1nc2ccccc2cc1Nc1ccnc(Nc2ccc3c(c2)OCC(CN(C)C)O3)n1. The third kappa shape index (κ3) is 5.70. The molecular formula is C27H28N6O4. The fourth-order valence-corrected chi connectivity index (χ4v) is 4.01. The third-order valence-corrected chi connectivity index (χ3v) is 5.60. The number of aromatic nitrogens is 3. The lowest BCUT2D eigenvalue weighted by Gasteiger charge is -2.28. The first-order valence-corrected chi connectivity index (χ1v) is 12.0. The van der Waals surface area contributed by atoms with Gasteiger partial charge in [0.25, 0.3) is 0 Å². The first kappa shape index (κ1) is 24.3. The van der Waals surface area contributed by atoms with Crippen LogP contribution in [-0.4, -0.2) is 65.8 Å². The van der Waals surface area contributed by atoms with E-state index in [4.69, 9.17) is 14.2 Å². The van der Waals surface area contributed by atoms with E-state index in [1.807, 2.05) is 62.6 Å². The molecule has 0 radical (unpaired) electrons. The van der Waals surface area contributed by atoms with Crippen molar-refractivity contribution in [2.24, 2.45) is 0 Å². The molecular weight excluding hydrogens is 472 g/mol. The van der Waals surface area contributed by atoms with Gasteiger partial charge in [0.1, 0.15) is 18.5 Å². The van der Waals surface area contributed by atoms with Crippen molar-refractivity contribution >= 4 is 40.0 Å². The molecule has 0 fully saturated rings. The van der Waals surface area contributed by atoms with E-state index in [0.29, 0.717) is 41.1 Å². The Morgan fingerprint density at radius 3 is 2.78 bits per heavy atom. The van der Waals surface area contributed by atoms with Gasteiger partial charge in [0.2, 0.25) is 5.95 Å². The van der Waals surface area contributed by atoms with Crippen LogP contribution < -0.4 is 20.1 Å². The smallest absolute Gasteiger partial charge is 0.359 e. The van der Waals surface area contributed by atoms with Crippen molar-refractivity contribution in [2.75, 3.05) is 44.5 Å². The summed E-state index contributed by atoms with van der Waals surface area (Å²) in [4.78, 5) is 28.1. The molecule has 1 aliphatic heterocycles. The van der Waals surface area contributed by atoms with Gasteiger partial charge in [-0.2, -0.15) is 4.98 Å². The Bertz CT molecular complexity index is 1430. The van der Waals surface area contributed by atoms with Crippen LogP contribution in [0, 0.1) is 0 Å². The maximum Gasteiger partial charge on any atom is 0.359 e. The predicted octanol–water partition coefficient (Wildman–Crippen LogP) is 4.39. The van der Waals surface area contributed by atoms with Crippen LogP contribution in [0.1, 0.15) is 17.4 Å². The lowest BCUT2D eigenvalue weighted by Crippen LogP contribution is -2.37. The molecule has 0 bridgehead atoms. The van der Waals surface area contributed by atoms with E-state index in [1.165, 1.54) is 0 Å². The number of nitrogens with one attached hydrogen (secondary N) is 2. The number of carbonyl (C=O) groups excluding carboxylic acids is 1. The van der Waals surface area contributed by atoms with Crippen LogP contribution >= 0.6 is 0 Å². The van der Waals surface area contributed by atoms with Crippen molar-refractivity contribution in [2.45, 2.75) is 13.0 Å². The van der Waals surface area contributed by atoms with Crippen LogP contribution in [0.4, 0.5) is 23.1 Å². The van der Waals surface area contributed by atoms with E-state index >= 15 is 0 Å². The normalized spacial score (nSPS) is 14.4. The molecule has 3 heterocycles. The topological polar surface area (TPSA) is 111 Å². The number of hydrogen-bond acceptors (Lipinski definition) is 10. The van der Waals surface area contributed by atoms with Crippen LogP contribution in [-0.2, 0) is 4.74 Å². The standard InChI is InChI=1S/C27H28N6O4/c1-4-35-26(34)25-21(13-17-7-5-6-8-20(17)31-25)30-24-11-12-28-27(32-24)29-18-9-10-22-23(14-18)36-16-19(37-22)15-33(2)3/h5-14,19H,4,15-16H2,1-3H3,(H2,28,29,30,32). The van der Waals surface area contributed by atoms with Crippen molar-refractivity contribution in [3.63, 3.8) is 0 Å². The fourth-order valence-electron chi connectivity index (χ4n) is 4.01. The first-order valence-electron chi connectivity index (χ1n) is 12.0. The molecule has 0 saturated carbocycles. The summed E-state index contributed by atoms with van der Waals surface area (Å²) in [5, 5.41) is 7.28. The molecule has 2 aromatic heterocycles. The van der Waals surface area contributed by atoms with E-state index in [0.717, 1.165) is 17.6 Å². The summed E-state index contributed by atoms with van der Waals surface area (Å²) in [5.74, 6) is 1.72. The molecule has 10 nitrogen and oxygen atoms in total. The molecule has 37 heavy (non-hydrogen) atoms. The fraction of sp³-hybridized carbons (Fsp3) is 0.259. The number of esters is 1. The zero-order valence-electron chi connectivity index (χ0n) is 20.9. The maximum absolute atomic E-state index is 12.6. The number of nitrogens with zero attached hydrogens (tertiary/aromatic N) is 4. The number of ether oxygens (including phenoxy) is 3. The molecule has 0 amide bonds. The monoisotopic (exact) mass is 500 g/mol. The number of rotatable bonds is 8. The second kappa shape index (κ2) is 10.7. The molecule has 1 aliphatic rings. The summed E-state index contributed by atoms with van der Waals surface area (Å²) in [7, 11) is 4.01. The summed E-state index contributed by atoms with van der Waals surface area (Å²) in [6.07, 6.45) is 1.61. The summed E-state index contributed by atoms with van der Waals surface area (Å²) in [6.45, 7) is 3.26. The number of carbonyl (C=O) groups is 1. The molecule has 0 saturated heterocycles. The average Bonchev–Trinajstić information content (AvgIpc) is 2.88. The Morgan fingerprint density at radius 2 is 1.95 bits per heavy atom. The van der Waals surface area contributed by atoms with Crippen LogP contribution in [0.3, 0.4) is 0 Å². The van der Waals surface area contributed by atoms with Crippen LogP contribution in [0.25, 0.3) is 10.9 Å². The summed E-state index contributed by atoms with van der Waals surface area (Å²) < 4.78 is 17.2. The molecule has 5 rings (SSSR count). The molecule has 0 aliphatic carbocycles. The van der Waals surface area contributed by atoms with E-state index in [2.05, 4.69) is 30.5 Å². The summed E-state index contributed by atoms with van der Waals surface area (Å²) in [6, 6.07) is 16.8. The number of pyridine rings is 1. The lowest BCUT2D eigenvalue weighted by molar-refractivity contribution is 0.0521. The molecule has 190 valence electrons. The molecule has 1 unspecified atom stereocenters. The van der Waals surface area contributed by atoms with Crippen molar-refractivity contribution in [3.8, 4) is 11.5 Å². The summed E-state index contributed by atoms with van der Waals surface area (Å²) >= 11 is 0. The second-order valence-electron chi connectivity index (χ2n) is 8.79. The van der Waals surface area contributed by atoms with Crippen molar-refractivity contribution in [3.05, 3.63) is 66.5 Å². The Kier molecular flexibility index (Phi) is 7.00. The molecule has 2 aromatic carbocycles. The highest BCUT2D eigenvalue weighted by Crippen LogP contribution is 2.35. The maximum atomic E-state index is 12.6. The molecule has 1 atom stereocenters. The minimum Gasteiger partial charge on any atom is -0.486 e. The Morgan fingerprint density at radius 1 is 1.08 bits per heavy atom. The number of fused-ring (bicyclic) bond motifs is 2. The highest BCUT2D eigenvalue weighted by Gasteiger charge is 2.22.